The van der Waals surface area contributed by atoms with Crippen LogP contribution < -0.4 is 4.90 Å². The van der Waals surface area contributed by atoms with Crippen molar-refractivity contribution in [2.75, 3.05) is 18.0 Å². The summed E-state index contributed by atoms with van der Waals surface area (Å²) in [6.45, 7) is -1.92. The van der Waals surface area contributed by atoms with E-state index in [1.54, 1.807) is 0 Å². The molecule has 1 aromatic carbocycles. The molecule has 0 N–H and O–H groups in total. The fraction of sp³-hybridized carbons (Fsp3) is 0.520. The quantitative estimate of drug-likeness (QED) is 0.322. The molecule has 40 heavy (non-hydrogen) atoms. The summed E-state index contributed by atoms with van der Waals surface area (Å²) in [5.74, 6) is -1.000. The molecule has 1 aliphatic heterocycles. The molecule has 1 saturated carbocycles. The number of ketones is 1. The maximum atomic E-state index is 14.4. The van der Waals surface area contributed by atoms with Crippen molar-refractivity contribution in [3.63, 3.8) is 0 Å². The molecule has 3 nitrogen and oxygen atoms in total. The third-order valence-electron chi connectivity index (χ3n) is 7.23. The number of nitrogens with zero attached hydrogens (tertiary/aromatic N) is 2. The van der Waals surface area contributed by atoms with Crippen LogP contribution in [0.5, 0.6) is 0 Å². The Balaban J connectivity index is 1.72. The smallest absolute Gasteiger partial charge is 0.355 e. The van der Waals surface area contributed by atoms with E-state index in [0.29, 0.717) is 18.9 Å². The van der Waals surface area contributed by atoms with E-state index >= 15 is 0 Å². The summed E-state index contributed by atoms with van der Waals surface area (Å²) in [5, 5.41) is 0. The minimum Gasteiger partial charge on any atom is -0.355 e. The van der Waals surface area contributed by atoms with E-state index in [2.05, 4.69) is 4.98 Å². The van der Waals surface area contributed by atoms with Crippen molar-refractivity contribution < 1.29 is 57.5 Å². The van der Waals surface area contributed by atoms with Crippen molar-refractivity contribution in [1.82, 2.24) is 4.98 Å². The zero-order chi connectivity index (χ0) is 29.9. The van der Waals surface area contributed by atoms with E-state index in [0.717, 1.165) is 11.1 Å². The number of hydrogen-bond donors (Lipinski definition) is 0. The van der Waals surface area contributed by atoms with Crippen LogP contribution in [-0.2, 0) is 35.2 Å². The van der Waals surface area contributed by atoms with Crippen molar-refractivity contribution in [3.05, 3.63) is 58.3 Å². The highest BCUT2D eigenvalue weighted by molar-refractivity contribution is 5.83. The highest BCUT2D eigenvalue weighted by atomic mass is 19.4. The summed E-state index contributed by atoms with van der Waals surface area (Å²) in [6.07, 6.45) is -20.6. The SMILES string of the molecule is O=C(CCc1cnc(N2CCC(c3cc(C(F)(F)F)cc(C(F)(F)F)c3)(C(F)(F)F)C2)cc1C(F)(F)F)C1CC1. The molecule has 0 amide bonds. The molecule has 1 unspecified atom stereocenters. The van der Waals surface area contributed by atoms with Gasteiger partial charge in [0.1, 0.15) is 17.0 Å². The lowest BCUT2D eigenvalue weighted by Crippen LogP contribution is -2.45. The molecular weight excluding hydrogens is 572 g/mol. The Hall–Kier alpha value is -3.00. The number of alkyl halides is 12. The Labute approximate surface area is 219 Å². The first-order chi connectivity index (χ1) is 18.2. The Morgan fingerprint density at radius 1 is 0.850 bits per heavy atom. The number of anilines is 1. The molecule has 0 bridgehead atoms. The largest absolute Gasteiger partial charge is 0.416 e. The Kier molecular flexibility index (Phi) is 7.36. The molecule has 1 aliphatic carbocycles. The molecule has 15 heteroatoms. The number of Topliss-reactive ketones (excluding diaryl/α,β-unsaturated/α-hetero) is 1. The molecule has 2 aliphatic rings. The average Bonchev–Trinajstić information content (AvgIpc) is 3.57. The molecule has 2 aromatic rings. The molecule has 220 valence electrons. The van der Waals surface area contributed by atoms with Crippen molar-refractivity contribution >= 4 is 11.6 Å². The Morgan fingerprint density at radius 3 is 1.90 bits per heavy atom. The molecule has 2 heterocycles. The van der Waals surface area contributed by atoms with Gasteiger partial charge in [0.2, 0.25) is 0 Å². The third kappa shape index (κ3) is 6.02. The van der Waals surface area contributed by atoms with Gasteiger partial charge in [-0.2, -0.15) is 52.7 Å². The van der Waals surface area contributed by atoms with Gasteiger partial charge >= 0.3 is 24.7 Å². The number of benzene rings is 1. The van der Waals surface area contributed by atoms with Crippen molar-refractivity contribution in [1.29, 1.82) is 0 Å². The maximum Gasteiger partial charge on any atom is 0.416 e. The summed E-state index contributed by atoms with van der Waals surface area (Å²) in [4.78, 5) is 16.5. The molecule has 4 rings (SSSR count). The maximum absolute atomic E-state index is 14.4. The predicted molar refractivity (Wildman–Crippen MR) is 116 cm³/mol. The molecule has 2 fully saturated rings. The summed E-state index contributed by atoms with van der Waals surface area (Å²) in [6, 6.07) is 0.155. The lowest BCUT2D eigenvalue weighted by molar-refractivity contribution is -0.185. The van der Waals surface area contributed by atoms with Crippen LogP contribution in [0.3, 0.4) is 0 Å². The fourth-order valence-electron chi connectivity index (χ4n) is 4.84. The van der Waals surface area contributed by atoms with Gasteiger partial charge in [-0.05, 0) is 61.1 Å². The number of pyridine rings is 1. The number of carbonyl (C=O) groups is 1. The molecule has 0 spiro atoms. The number of aryl methyl sites for hydroxylation is 1. The zero-order valence-corrected chi connectivity index (χ0v) is 20.3. The zero-order valence-electron chi connectivity index (χ0n) is 20.3. The summed E-state index contributed by atoms with van der Waals surface area (Å²) in [5.41, 5.74) is -10.1. The van der Waals surface area contributed by atoms with Gasteiger partial charge in [-0.15, -0.1) is 0 Å². The van der Waals surface area contributed by atoms with Gasteiger partial charge in [0.05, 0.1) is 16.7 Å². The highest BCUT2D eigenvalue weighted by Crippen LogP contribution is 2.51. The fourth-order valence-corrected chi connectivity index (χ4v) is 4.84. The molecule has 1 saturated heterocycles. The molecule has 0 radical (unpaired) electrons. The molecule has 1 atom stereocenters. The van der Waals surface area contributed by atoms with Gasteiger partial charge in [-0.3, -0.25) is 4.79 Å². The van der Waals surface area contributed by atoms with Crippen molar-refractivity contribution in [3.8, 4) is 0 Å². The van der Waals surface area contributed by atoms with Crippen molar-refractivity contribution in [2.24, 2.45) is 5.92 Å². The second kappa shape index (κ2) is 9.82. The monoisotopic (exact) mass is 592 g/mol. The second-order valence-electron chi connectivity index (χ2n) is 9.98. The predicted octanol–water partition coefficient (Wildman–Crippen LogP) is 7.76. The topological polar surface area (TPSA) is 33.2 Å². The number of carbonyl (C=O) groups excluding carboxylic acids is 1. The summed E-state index contributed by atoms with van der Waals surface area (Å²) >= 11 is 0. The minimum atomic E-state index is -5.40. The Morgan fingerprint density at radius 2 is 1.43 bits per heavy atom. The van der Waals surface area contributed by atoms with Gasteiger partial charge in [-0.25, -0.2) is 4.98 Å². The normalized spacial score (nSPS) is 20.8. The third-order valence-corrected chi connectivity index (χ3v) is 7.23. The first-order valence-electron chi connectivity index (χ1n) is 11.9. The van der Waals surface area contributed by atoms with Crippen LogP contribution in [0.15, 0.2) is 30.5 Å². The molecular formula is C25H20F12N2O. The van der Waals surface area contributed by atoms with Gasteiger partial charge in [0.25, 0.3) is 0 Å². The van der Waals surface area contributed by atoms with E-state index in [9.17, 15) is 57.5 Å². The van der Waals surface area contributed by atoms with Gasteiger partial charge < -0.3 is 4.90 Å². The first-order valence-corrected chi connectivity index (χ1v) is 11.9. The lowest BCUT2D eigenvalue weighted by Gasteiger charge is -2.33. The lowest BCUT2D eigenvalue weighted by atomic mass is 9.77. The van der Waals surface area contributed by atoms with Crippen LogP contribution in [-0.4, -0.2) is 30.0 Å². The van der Waals surface area contributed by atoms with Crippen LogP contribution in [0.25, 0.3) is 0 Å². The number of aromatic nitrogens is 1. The van der Waals surface area contributed by atoms with E-state index < -0.39 is 77.7 Å². The summed E-state index contributed by atoms with van der Waals surface area (Å²) in [7, 11) is 0. The minimum absolute atomic E-state index is 0.0131. The van der Waals surface area contributed by atoms with E-state index in [1.807, 2.05) is 0 Å². The van der Waals surface area contributed by atoms with Crippen LogP contribution in [0.2, 0.25) is 0 Å². The highest BCUT2D eigenvalue weighted by Gasteiger charge is 2.60. The van der Waals surface area contributed by atoms with Crippen LogP contribution >= 0.6 is 0 Å². The van der Waals surface area contributed by atoms with E-state index in [1.165, 1.54) is 0 Å². The number of rotatable bonds is 6. The standard InChI is InChI=1S/C25H20F12N2O/c26-22(27,28)16-7-15(8-17(9-16)23(29,30)31)21(25(35,36)37)5-6-39(12-21)20-10-18(24(32,33)34)14(11-38-20)3-4-19(40)13-1-2-13/h7-11,13H,1-6,12H2. The first kappa shape index (κ1) is 30.0. The Bertz CT molecular complexity index is 1240. The van der Waals surface area contributed by atoms with Crippen LogP contribution in [0.1, 0.15) is 53.5 Å². The number of hydrogen-bond acceptors (Lipinski definition) is 3. The van der Waals surface area contributed by atoms with Gasteiger partial charge in [0, 0.05) is 31.6 Å². The number of halogens is 12. The van der Waals surface area contributed by atoms with E-state index in [4.69, 9.17) is 0 Å². The summed E-state index contributed by atoms with van der Waals surface area (Å²) < 4.78 is 165. The average molecular weight is 592 g/mol. The second-order valence-corrected chi connectivity index (χ2v) is 9.98. The van der Waals surface area contributed by atoms with Crippen LogP contribution in [0.4, 0.5) is 58.5 Å². The van der Waals surface area contributed by atoms with Crippen molar-refractivity contribution in [2.45, 2.75) is 62.2 Å². The van der Waals surface area contributed by atoms with Crippen LogP contribution in [0, 0.1) is 5.92 Å². The van der Waals surface area contributed by atoms with Gasteiger partial charge in [0.15, 0.2) is 0 Å². The van der Waals surface area contributed by atoms with E-state index in [-0.39, 0.29) is 48.3 Å². The molecule has 1 aromatic heterocycles. The van der Waals surface area contributed by atoms with Gasteiger partial charge in [-0.1, -0.05) is 0 Å².